The molecule has 0 spiro atoms. The van der Waals surface area contributed by atoms with Gasteiger partial charge in [-0.15, -0.1) is 71.9 Å². The van der Waals surface area contributed by atoms with E-state index in [0.717, 1.165) is 44.8 Å². The number of aromatic nitrogens is 3. The van der Waals surface area contributed by atoms with E-state index in [4.69, 9.17) is 15.9 Å². The zero-order chi connectivity index (χ0) is 39.3. The van der Waals surface area contributed by atoms with E-state index >= 15 is 0 Å². The van der Waals surface area contributed by atoms with Crippen LogP contribution >= 0.6 is 0 Å². The number of pyridine rings is 1. The second-order valence-corrected chi connectivity index (χ2v) is 13.3. The van der Waals surface area contributed by atoms with Gasteiger partial charge in [0, 0.05) is 67.2 Å². The molecule has 0 bridgehead atoms. The van der Waals surface area contributed by atoms with Gasteiger partial charge in [0.15, 0.2) is 0 Å². The monoisotopic (exact) mass is 1140 g/mol. The van der Waals surface area contributed by atoms with Crippen LogP contribution in [0.4, 0.5) is 5.69 Å². The Bertz CT molecular complexity index is 2900. The summed E-state index contributed by atoms with van der Waals surface area (Å²) in [6.07, 6.45) is 15.7. The molecule has 0 radical (unpaired) electrons. The fourth-order valence-corrected chi connectivity index (χ4v) is 6.73. The molecule has 9 aromatic rings. The van der Waals surface area contributed by atoms with Gasteiger partial charge in [-0.3, -0.25) is 11.1 Å². The van der Waals surface area contributed by atoms with E-state index < -0.39 is 0 Å². The molecule has 60 heavy (non-hydrogen) atoms. The Labute approximate surface area is 378 Å². The summed E-state index contributed by atoms with van der Waals surface area (Å²) in [5, 5.41) is 2.42. The molecular formula is C51H32N5O2Pt2-3. The van der Waals surface area contributed by atoms with Gasteiger partial charge in [-0.2, -0.15) is 30.9 Å². The third-order valence-corrected chi connectivity index (χ3v) is 9.38. The predicted molar refractivity (Wildman–Crippen MR) is 227 cm³/mol. The van der Waals surface area contributed by atoms with Crippen LogP contribution in [-0.4, -0.2) is 26.1 Å². The minimum atomic E-state index is 0. The van der Waals surface area contributed by atoms with Crippen molar-refractivity contribution in [1.82, 2.24) is 19.0 Å². The van der Waals surface area contributed by atoms with Gasteiger partial charge in [0.2, 0.25) is 0 Å². The molecule has 0 atom stereocenters. The Morgan fingerprint density at radius 2 is 1.27 bits per heavy atom. The first-order valence-corrected chi connectivity index (χ1v) is 18.5. The van der Waals surface area contributed by atoms with Crippen LogP contribution in [0.1, 0.15) is 0 Å². The second kappa shape index (κ2) is 19.0. The van der Waals surface area contributed by atoms with Crippen LogP contribution in [0.25, 0.3) is 49.9 Å². The summed E-state index contributed by atoms with van der Waals surface area (Å²) in [6.45, 7) is 1.97. The second-order valence-electron chi connectivity index (χ2n) is 13.3. The van der Waals surface area contributed by atoms with Crippen LogP contribution in [0.3, 0.4) is 0 Å². The maximum atomic E-state index is 6.57. The third kappa shape index (κ3) is 9.17. The van der Waals surface area contributed by atoms with Gasteiger partial charge in [0.25, 0.3) is 0 Å². The Balaban J connectivity index is 0.000000552. The van der Waals surface area contributed by atoms with E-state index in [1.54, 1.807) is 23.2 Å². The van der Waals surface area contributed by atoms with Crippen molar-refractivity contribution in [1.29, 1.82) is 0 Å². The molecule has 0 amide bonds. The van der Waals surface area contributed by atoms with E-state index in [-0.39, 0.29) is 42.1 Å². The molecule has 4 heterocycles. The SMILES string of the molecule is CN1C=CN(c2[c-]c(Oc3[c-]c(-c4cc(-c5[c-]c(Oc6[c-]ccc(-n7c8ccccc8c8ccccc87)c6)ccc5)[c-]cn4)ccc3)ccc2)[CH-]1.[C-]#Cn1cccc1.[Pt+4].[Pt]. The van der Waals surface area contributed by atoms with Crippen molar-refractivity contribution in [3.8, 4) is 57.1 Å². The molecular weight excluding hydrogens is 1100 g/mol. The molecule has 0 aliphatic carbocycles. The predicted octanol–water partition coefficient (Wildman–Crippen LogP) is 11.3. The van der Waals surface area contributed by atoms with Crippen molar-refractivity contribution in [3.05, 3.63) is 214 Å². The normalized spacial score (nSPS) is 11.6. The molecule has 0 unspecified atom stereocenters. The Morgan fingerprint density at radius 3 is 1.93 bits per heavy atom. The van der Waals surface area contributed by atoms with Gasteiger partial charge in [-0.1, -0.05) is 60.0 Å². The average Bonchev–Trinajstić information content (AvgIpc) is 4.04. The molecule has 7 nitrogen and oxygen atoms in total. The summed E-state index contributed by atoms with van der Waals surface area (Å²) in [5.41, 5.74) is 7.33. The molecule has 0 saturated carbocycles. The fraction of sp³-hybridized carbons (Fsp3) is 0.0196. The smallest absolute Gasteiger partial charge is 0.669 e. The van der Waals surface area contributed by atoms with Crippen molar-refractivity contribution in [2.75, 3.05) is 11.9 Å². The fourth-order valence-electron chi connectivity index (χ4n) is 6.73. The molecule has 0 fully saturated rings. The molecule has 9 heteroatoms. The number of para-hydroxylation sites is 2. The van der Waals surface area contributed by atoms with Gasteiger partial charge < -0.3 is 39.8 Å². The first-order valence-electron chi connectivity index (χ1n) is 18.5. The van der Waals surface area contributed by atoms with E-state index in [9.17, 15) is 0 Å². The zero-order valence-corrected chi connectivity index (χ0v) is 36.5. The minimum Gasteiger partial charge on any atom is -0.669 e. The Morgan fingerprint density at radius 1 is 0.633 bits per heavy atom. The van der Waals surface area contributed by atoms with Crippen LogP contribution in [0.15, 0.2) is 171 Å². The number of anilines is 1. The quantitative estimate of drug-likeness (QED) is 0.112. The summed E-state index contributed by atoms with van der Waals surface area (Å²) in [7, 11) is 1.98. The Kier molecular flexibility index (Phi) is 13.2. The number of fused-ring (bicyclic) bond motifs is 3. The molecule has 6 aromatic carbocycles. The maximum Gasteiger partial charge on any atom is 4.00 e. The third-order valence-electron chi connectivity index (χ3n) is 9.38. The van der Waals surface area contributed by atoms with Crippen LogP contribution in [0, 0.1) is 49.5 Å². The van der Waals surface area contributed by atoms with Crippen LogP contribution < -0.4 is 14.4 Å². The Hall–Kier alpha value is -6.57. The summed E-state index contributed by atoms with van der Waals surface area (Å²) >= 11 is 0. The summed E-state index contributed by atoms with van der Waals surface area (Å²) in [6, 6.07) is 64.7. The van der Waals surface area contributed by atoms with Crippen molar-refractivity contribution in [2.45, 2.75) is 0 Å². The number of hydrogen-bond donors (Lipinski definition) is 0. The number of hydrogen-bond acceptors (Lipinski definition) is 5. The molecule has 3 aromatic heterocycles. The number of ether oxygens (including phenoxy) is 2. The number of rotatable bonds is 8. The topological polar surface area (TPSA) is 47.7 Å². The maximum absolute atomic E-state index is 6.57. The van der Waals surface area contributed by atoms with Gasteiger partial charge in [0.05, 0.1) is 11.0 Å². The van der Waals surface area contributed by atoms with Crippen molar-refractivity contribution >= 4 is 27.5 Å². The van der Waals surface area contributed by atoms with E-state index in [2.05, 4.69) is 101 Å². The summed E-state index contributed by atoms with van der Waals surface area (Å²) < 4.78 is 16.3. The average molecular weight is 1140 g/mol. The van der Waals surface area contributed by atoms with Gasteiger partial charge in [-0.05, 0) is 43.7 Å². The van der Waals surface area contributed by atoms with Gasteiger partial charge >= 0.3 is 21.1 Å². The molecule has 10 rings (SSSR count). The zero-order valence-electron chi connectivity index (χ0n) is 31.9. The first-order chi connectivity index (χ1) is 28.6. The van der Waals surface area contributed by atoms with E-state index in [1.165, 1.54) is 10.8 Å². The van der Waals surface area contributed by atoms with Crippen molar-refractivity contribution in [2.24, 2.45) is 0 Å². The van der Waals surface area contributed by atoms with Crippen LogP contribution in [-0.2, 0) is 42.1 Å². The van der Waals surface area contributed by atoms with Gasteiger partial charge in [0.1, 0.15) is 0 Å². The standard InChI is InChI=1S/C45H28N4O2.C6H4N.2Pt/c1-47-24-25-48(31-47)35-12-8-16-39(29-35)51-38-15-7-11-34(27-38)43-28-33(22-23-46-43)32-10-6-14-37(26-32)50-40-17-9-13-36(30-40)49-44-20-4-2-18-41(44)42-19-3-5-21-45(42)49;1-2-7-5-3-4-6-7;;/h2-16,18-21,23-25,28,30-31H,1H3;3-6H;;/q-6;-1;;+4. The number of benzene rings is 6. The number of nitrogens with zero attached hydrogens (tertiary/aromatic N) is 5. The largest absolute Gasteiger partial charge is 4.00 e. The molecule has 0 saturated heterocycles. The van der Waals surface area contributed by atoms with Crippen molar-refractivity contribution in [3.63, 3.8) is 0 Å². The van der Waals surface area contributed by atoms with E-state index in [0.29, 0.717) is 23.0 Å². The van der Waals surface area contributed by atoms with Gasteiger partial charge in [-0.25, -0.2) is 24.2 Å². The van der Waals surface area contributed by atoms with Crippen LogP contribution in [0.2, 0.25) is 0 Å². The van der Waals surface area contributed by atoms with E-state index in [1.807, 2.05) is 121 Å². The molecule has 296 valence electrons. The molecule has 0 N–H and O–H groups in total. The van der Waals surface area contributed by atoms with Crippen molar-refractivity contribution < 1.29 is 51.6 Å². The van der Waals surface area contributed by atoms with Crippen LogP contribution in [0.5, 0.6) is 23.0 Å². The minimum absolute atomic E-state index is 0. The summed E-state index contributed by atoms with van der Waals surface area (Å²) in [5.74, 6) is 2.33. The molecule has 1 aliphatic heterocycles. The molecule has 1 aliphatic rings. The first kappa shape index (κ1) is 41.6. The summed E-state index contributed by atoms with van der Waals surface area (Å²) in [4.78, 5) is 8.56.